The van der Waals surface area contributed by atoms with E-state index in [0.29, 0.717) is 0 Å². The summed E-state index contributed by atoms with van der Waals surface area (Å²) in [4.78, 5) is 5.63. The predicted molar refractivity (Wildman–Crippen MR) is 304 cm³/mol. The molecule has 0 fully saturated rings. The molecule has 0 N–H and O–H groups in total. The first-order valence-corrected chi connectivity index (χ1v) is 27.5. The molecule has 0 atom stereocenters. The number of hydrogen-bond donors (Lipinski definition) is 0. The number of anilines is 5. The smallest absolute Gasteiger partial charge is 0.334 e. The Morgan fingerprint density at radius 2 is 0.942 bits per heavy atom. The molecule has 5 aliphatic rings. The van der Waals surface area contributed by atoms with Crippen LogP contribution in [-0.4, -0.2) is 6.85 Å². The summed E-state index contributed by atoms with van der Waals surface area (Å²) in [6.07, 6.45) is 7.19. The lowest BCUT2D eigenvalue weighted by atomic mass is 9.43. The normalized spacial score (nSPS) is 20.9. The minimum absolute atomic E-state index is 0.0192. The van der Waals surface area contributed by atoms with E-state index in [9.17, 15) is 0 Å². The van der Waals surface area contributed by atoms with Gasteiger partial charge in [0.05, 0.1) is 10.7 Å². The maximum absolute atomic E-state index is 2.84. The van der Waals surface area contributed by atoms with Gasteiger partial charge in [-0.15, -0.1) is 11.3 Å². The molecular weight excluding hydrogens is 852 g/mol. The fourth-order valence-electron chi connectivity index (χ4n) is 13.6. The summed E-state index contributed by atoms with van der Waals surface area (Å²) >= 11 is 2.06. The van der Waals surface area contributed by atoms with Gasteiger partial charge in [0, 0.05) is 27.3 Å². The van der Waals surface area contributed by atoms with Gasteiger partial charge in [-0.1, -0.05) is 155 Å². The van der Waals surface area contributed by atoms with Crippen LogP contribution in [-0.2, 0) is 43.3 Å². The van der Waals surface area contributed by atoms with E-state index in [4.69, 9.17) is 0 Å². The molecule has 0 saturated carbocycles. The molecule has 69 heavy (non-hydrogen) atoms. The highest BCUT2D eigenvalue weighted by Crippen LogP contribution is 2.57. The summed E-state index contributed by atoms with van der Waals surface area (Å²) in [6.45, 7) is 46.6. The van der Waals surface area contributed by atoms with Crippen LogP contribution in [0.1, 0.15) is 213 Å². The Kier molecular flexibility index (Phi) is 9.86. The average Bonchev–Trinajstić information content (AvgIpc) is 3.63. The second kappa shape index (κ2) is 14.4. The Hall–Kier alpha value is -4.28. The van der Waals surface area contributed by atoms with Crippen LogP contribution < -0.4 is 20.6 Å². The molecule has 0 bridgehead atoms. The summed E-state index contributed by atoms with van der Waals surface area (Å²) in [6, 6.07) is 31.0. The number of fused-ring (bicyclic) bond motifs is 9. The number of benzene rings is 5. The maximum atomic E-state index is 2.84. The summed E-state index contributed by atoms with van der Waals surface area (Å²) in [5.41, 5.74) is 24.7. The third kappa shape index (κ3) is 6.96. The lowest BCUT2D eigenvalue weighted by Gasteiger charge is -2.48. The molecule has 5 aromatic carbocycles. The van der Waals surface area contributed by atoms with Gasteiger partial charge in [-0.05, 0) is 203 Å². The van der Waals surface area contributed by atoms with Gasteiger partial charge in [0.25, 0.3) is 0 Å². The minimum Gasteiger partial charge on any atom is -0.376 e. The van der Waals surface area contributed by atoms with Crippen molar-refractivity contribution >= 4 is 66.9 Å². The Morgan fingerprint density at radius 3 is 1.51 bits per heavy atom. The van der Waals surface area contributed by atoms with Crippen molar-refractivity contribution in [3.8, 4) is 11.1 Å². The Labute approximate surface area is 421 Å². The summed E-state index contributed by atoms with van der Waals surface area (Å²) in [7, 11) is 0. The first kappa shape index (κ1) is 47.1. The average molecular weight is 933 g/mol. The monoisotopic (exact) mass is 933 g/mol. The van der Waals surface area contributed by atoms with Crippen LogP contribution in [0.15, 0.2) is 72.8 Å². The van der Waals surface area contributed by atoms with Crippen molar-refractivity contribution in [2.24, 2.45) is 0 Å². The summed E-state index contributed by atoms with van der Waals surface area (Å²) in [5.74, 6) is 0. The van der Waals surface area contributed by atoms with Crippen molar-refractivity contribution in [1.82, 2.24) is 0 Å². The van der Waals surface area contributed by atoms with E-state index in [1.807, 2.05) is 0 Å². The molecule has 2 aliphatic heterocycles. The molecule has 1 aromatic heterocycles. The zero-order valence-electron chi connectivity index (χ0n) is 46.1. The lowest BCUT2D eigenvalue weighted by Crippen LogP contribution is -2.61. The van der Waals surface area contributed by atoms with Crippen LogP contribution in [0.2, 0.25) is 0 Å². The molecule has 0 radical (unpaired) electrons. The molecular formula is C65H81BN2S. The topological polar surface area (TPSA) is 6.48 Å². The van der Waals surface area contributed by atoms with Crippen molar-refractivity contribution in [3.63, 3.8) is 0 Å². The second-order valence-electron chi connectivity index (χ2n) is 28.7. The largest absolute Gasteiger partial charge is 0.376 e. The predicted octanol–water partition coefficient (Wildman–Crippen LogP) is 17.6. The third-order valence-electron chi connectivity index (χ3n) is 18.9. The van der Waals surface area contributed by atoms with Gasteiger partial charge >= 0.3 is 6.85 Å². The molecule has 0 spiro atoms. The van der Waals surface area contributed by atoms with Crippen molar-refractivity contribution in [2.45, 2.75) is 213 Å². The molecule has 0 saturated heterocycles. The van der Waals surface area contributed by atoms with Crippen molar-refractivity contribution in [1.29, 1.82) is 0 Å². The van der Waals surface area contributed by atoms with Crippen LogP contribution in [0.5, 0.6) is 0 Å². The van der Waals surface area contributed by atoms with Gasteiger partial charge in [-0.2, -0.15) is 0 Å². The Balaban J connectivity index is 1.32. The SMILES string of the molecule is Cc1cc2c(cc1N1c3cc(C(C)(C)C)cc4c3B(c3c1sc1cc5c(cc31)C(C)(C)CCC5(C)C)N(c1ccc3c(c1)C(C)(C)CCC3(C)C)c1cc(C(C)(C)C)ccc1-4)C(C)(C)CCC2(C)C. The molecule has 0 amide bonds. The molecule has 360 valence electrons. The number of hydrogen-bond acceptors (Lipinski definition) is 3. The van der Waals surface area contributed by atoms with E-state index in [0.717, 1.165) is 0 Å². The quantitative estimate of drug-likeness (QED) is 0.160. The van der Waals surface area contributed by atoms with Crippen LogP contribution in [0.3, 0.4) is 0 Å². The number of aryl methyl sites for hydroxylation is 1. The zero-order chi connectivity index (χ0) is 49.7. The highest BCUT2D eigenvalue weighted by Gasteiger charge is 2.50. The summed E-state index contributed by atoms with van der Waals surface area (Å²) < 4.78 is 1.42. The highest BCUT2D eigenvalue weighted by molar-refractivity contribution is 7.26. The fraction of sp³-hybridized carbons (Fsp3) is 0.508. The molecule has 2 nitrogen and oxygen atoms in total. The van der Waals surface area contributed by atoms with Crippen molar-refractivity contribution in [2.75, 3.05) is 9.71 Å². The van der Waals surface area contributed by atoms with E-state index in [1.54, 1.807) is 5.56 Å². The first-order valence-electron chi connectivity index (χ1n) is 26.7. The standard InChI is InChI=1S/C65H81BN2S/c1-38-30-46-49(64(16,17)28-26-61(46,10)11)36-51(38)67-53-33-40(59(5,6)7)31-43-42-22-20-39(58(2,3)4)32-52(42)68(41-21-23-45-47(34-41)62(12,13)25-24-60(45,8)9)66(55(43)53)56-44-35-48-50(37-54(44)69-57(56)67)65(18,19)29-27-63(48,14)15/h20-23,30-37H,24-29H2,1-19H3. The van der Waals surface area contributed by atoms with Gasteiger partial charge in [-0.25, -0.2) is 0 Å². The lowest BCUT2D eigenvalue weighted by molar-refractivity contribution is 0.332. The number of thiophene rings is 1. The Morgan fingerprint density at radius 1 is 0.449 bits per heavy atom. The molecule has 3 aliphatic carbocycles. The summed E-state index contributed by atoms with van der Waals surface area (Å²) in [5, 5.41) is 2.82. The van der Waals surface area contributed by atoms with Gasteiger partial charge in [0.2, 0.25) is 0 Å². The van der Waals surface area contributed by atoms with Gasteiger partial charge in [0.1, 0.15) is 0 Å². The van der Waals surface area contributed by atoms with Gasteiger partial charge in [0.15, 0.2) is 0 Å². The molecule has 3 heterocycles. The maximum Gasteiger partial charge on any atom is 0.334 e. The fourth-order valence-corrected chi connectivity index (χ4v) is 14.9. The van der Waals surface area contributed by atoms with Crippen LogP contribution >= 0.6 is 11.3 Å². The van der Waals surface area contributed by atoms with E-state index in [1.165, 1.54) is 143 Å². The number of nitrogens with zero attached hydrogens (tertiary/aromatic N) is 2. The van der Waals surface area contributed by atoms with Crippen LogP contribution in [0, 0.1) is 6.92 Å². The van der Waals surface area contributed by atoms with Crippen molar-refractivity contribution < 1.29 is 0 Å². The third-order valence-corrected chi connectivity index (χ3v) is 20.0. The minimum atomic E-state index is -0.0696. The zero-order valence-corrected chi connectivity index (χ0v) is 46.9. The first-order chi connectivity index (χ1) is 31.8. The number of rotatable bonds is 2. The van der Waals surface area contributed by atoms with Gasteiger partial charge in [-0.3, -0.25) is 0 Å². The molecule has 6 aromatic rings. The van der Waals surface area contributed by atoms with Crippen molar-refractivity contribution in [3.05, 3.63) is 123 Å². The molecule has 0 unspecified atom stereocenters. The van der Waals surface area contributed by atoms with Gasteiger partial charge < -0.3 is 9.71 Å². The van der Waals surface area contributed by atoms with Crippen LogP contribution in [0.4, 0.5) is 27.8 Å². The Bertz CT molecular complexity index is 3170. The van der Waals surface area contributed by atoms with Crippen LogP contribution in [0.25, 0.3) is 21.2 Å². The highest BCUT2D eigenvalue weighted by atomic mass is 32.1. The molecule has 4 heteroatoms. The van der Waals surface area contributed by atoms with E-state index in [-0.39, 0.29) is 50.2 Å². The van der Waals surface area contributed by atoms with E-state index >= 15 is 0 Å². The second-order valence-corrected chi connectivity index (χ2v) is 29.8. The van der Waals surface area contributed by atoms with E-state index in [2.05, 4.69) is 225 Å². The molecule has 11 rings (SSSR count). The van der Waals surface area contributed by atoms with E-state index < -0.39 is 0 Å².